The third kappa shape index (κ3) is 3.25. The Morgan fingerprint density at radius 3 is 2.23 bits per heavy atom. The summed E-state index contributed by atoms with van der Waals surface area (Å²) < 4.78 is 5.09. The largest absolute Gasteiger partial charge is 0.449 e. The fourth-order valence-corrected chi connectivity index (χ4v) is 2.72. The highest BCUT2D eigenvalue weighted by atomic mass is 35.5. The fraction of sp³-hybridized carbons (Fsp3) is 0.278. The smallest absolute Gasteiger partial charge is 0.407 e. The van der Waals surface area contributed by atoms with E-state index in [4.69, 9.17) is 4.74 Å². The number of amides is 1. The number of halogens is 1. The summed E-state index contributed by atoms with van der Waals surface area (Å²) >= 11 is 0. The summed E-state index contributed by atoms with van der Waals surface area (Å²) in [5, 5.41) is 2.92. The van der Waals surface area contributed by atoms with Crippen LogP contribution in [0.15, 0.2) is 54.6 Å². The minimum Gasteiger partial charge on any atom is -0.449 e. The second kappa shape index (κ2) is 6.41. The van der Waals surface area contributed by atoms with Crippen LogP contribution >= 0.6 is 12.4 Å². The van der Waals surface area contributed by atoms with Gasteiger partial charge in [0.05, 0.1) is 6.04 Å². The van der Waals surface area contributed by atoms with E-state index in [1.54, 1.807) is 0 Å². The lowest BCUT2D eigenvalue weighted by molar-refractivity contribution is 0.0387. The summed E-state index contributed by atoms with van der Waals surface area (Å²) in [7, 11) is 0. The lowest BCUT2D eigenvalue weighted by Crippen LogP contribution is -2.46. The highest BCUT2D eigenvalue weighted by Gasteiger charge is 2.37. The first-order valence-corrected chi connectivity index (χ1v) is 7.15. The van der Waals surface area contributed by atoms with Crippen LogP contribution in [0.25, 0.3) is 11.1 Å². The summed E-state index contributed by atoms with van der Waals surface area (Å²) in [6.07, 6.45) is -0.341. The molecule has 1 fully saturated rings. The standard InChI is InChI=1S/C18H19NO2.ClH/c1-18(2)12-21-17(20)19-16(18)15-10-8-14(9-11-15)13-6-4-3-5-7-13;/h3-11,16H,12H2,1-2H3,(H,19,20);1H/t16-;/m1./s1. The van der Waals surface area contributed by atoms with Crippen LogP contribution in [0.4, 0.5) is 4.79 Å². The van der Waals surface area contributed by atoms with Crippen molar-refractivity contribution in [3.8, 4) is 11.1 Å². The first kappa shape index (κ1) is 16.4. The second-order valence-electron chi connectivity index (χ2n) is 6.13. The molecule has 22 heavy (non-hydrogen) atoms. The van der Waals surface area contributed by atoms with Crippen molar-refractivity contribution < 1.29 is 9.53 Å². The Kier molecular flexibility index (Phi) is 4.77. The molecule has 1 heterocycles. The number of nitrogens with one attached hydrogen (secondary N) is 1. The quantitative estimate of drug-likeness (QED) is 0.880. The Labute approximate surface area is 137 Å². The molecule has 1 amide bonds. The summed E-state index contributed by atoms with van der Waals surface area (Å²) in [6, 6.07) is 18.6. The van der Waals surface area contributed by atoms with Crippen molar-refractivity contribution in [3.05, 3.63) is 60.2 Å². The Balaban J connectivity index is 0.00000176. The van der Waals surface area contributed by atoms with Gasteiger partial charge in [0, 0.05) is 5.41 Å². The zero-order valence-corrected chi connectivity index (χ0v) is 13.5. The maximum absolute atomic E-state index is 11.5. The molecule has 0 bridgehead atoms. The van der Waals surface area contributed by atoms with Gasteiger partial charge in [-0.15, -0.1) is 12.4 Å². The van der Waals surface area contributed by atoms with Crippen LogP contribution in [0, 0.1) is 5.41 Å². The van der Waals surface area contributed by atoms with E-state index in [0.29, 0.717) is 6.61 Å². The van der Waals surface area contributed by atoms with Gasteiger partial charge in [-0.3, -0.25) is 0 Å². The van der Waals surface area contributed by atoms with Crippen LogP contribution in [0.2, 0.25) is 0 Å². The zero-order valence-electron chi connectivity index (χ0n) is 12.7. The summed E-state index contributed by atoms with van der Waals surface area (Å²) in [5.41, 5.74) is 3.36. The predicted octanol–water partition coefficient (Wildman–Crippen LogP) is 4.58. The molecular formula is C18H20ClNO2. The Hall–Kier alpha value is -2.00. The molecule has 3 nitrogen and oxygen atoms in total. The number of rotatable bonds is 2. The van der Waals surface area contributed by atoms with Crippen molar-refractivity contribution in [2.75, 3.05) is 6.61 Å². The third-order valence-corrected chi connectivity index (χ3v) is 3.97. The first-order chi connectivity index (χ1) is 10.1. The number of carbonyl (C=O) groups excluding carboxylic acids is 1. The van der Waals surface area contributed by atoms with Crippen molar-refractivity contribution in [1.82, 2.24) is 5.32 Å². The van der Waals surface area contributed by atoms with Gasteiger partial charge in [0.15, 0.2) is 0 Å². The van der Waals surface area contributed by atoms with E-state index in [1.165, 1.54) is 11.1 Å². The van der Waals surface area contributed by atoms with Gasteiger partial charge in [0.25, 0.3) is 0 Å². The van der Waals surface area contributed by atoms with Crippen molar-refractivity contribution >= 4 is 18.5 Å². The molecule has 2 aromatic rings. The molecule has 3 rings (SSSR count). The van der Waals surface area contributed by atoms with E-state index in [-0.39, 0.29) is 30.0 Å². The topological polar surface area (TPSA) is 38.3 Å². The minimum absolute atomic E-state index is 0. The molecule has 1 atom stereocenters. The average Bonchev–Trinajstić information content (AvgIpc) is 2.51. The fourth-order valence-electron chi connectivity index (χ4n) is 2.72. The number of cyclic esters (lactones) is 1. The number of carbonyl (C=O) groups is 1. The zero-order chi connectivity index (χ0) is 14.9. The number of benzene rings is 2. The van der Waals surface area contributed by atoms with Gasteiger partial charge in [-0.2, -0.15) is 0 Å². The number of alkyl carbamates (subject to hydrolysis) is 1. The maximum atomic E-state index is 11.5. The van der Waals surface area contributed by atoms with Crippen LogP contribution in [0.3, 0.4) is 0 Å². The molecule has 1 aliphatic heterocycles. The van der Waals surface area contributed by atoms with E-state index in [2.05, 4.69) is 55.6 Å². The van der Waals surface area contributed by atoms with E-state index < -0.39 is 0 Å². The molecule has 0 saturated carbocycles. The lowest BCUT2D eigenvalue weighted by atomic mass is 9.80. The van der Waals surface area contributed by atoms with Gasteiger partial charge in [0.1, 0.15) is 6.61 Å². The molecule has 2 aromatic carbocycles. The van der Waals surface area contributed by atoms with Crippen LogP contribution in [-0.4, -0.2) is 12.7 Å². The first-order valence-electron chi connectivity index (χ1n) is 7.15. The molecule has 0 aliphatic carbocycles. The van der Waals surface area contributed by atoms with Crippen LogP contribution in [0.5, 0.6) is 0 Å². The Morgan fingerprint density at radius 1 is 1.00 bits per heavy atom. The highest BCUT2D eigenvalue weighted by Crippen LogP contribution is 2.36. The minimum atomic E-state index is -0.341. The Bertz CT molecular complexity index is 638. The van der Waals surface area contributed by atoms with Crippen molar-refractivity contribution in [3.63, 3.8) is 0 Å². The molecule has 1 aliphatic rings. The number of hydrogen-bond donors (Lipinski definition) is 1. The van der Waals surface area contributed by atoms with E-state index in [0.717, 1.165) is 5.56 Å². The van der Waals surface area contributed by atoms with E-state index >= 15 is 0 Å². The molecule has 0 spiro atoms. The number of hydrogen-bond acceptors (Lipinski definition) is 2. The average molecular weight is 318 g/mol. The number of ether oxygens (including phenoxy) is 1. The van der Waals surface area contributed by atoms with Crippen molar-refractivity contribution in [1.29, 1.82) is 0 Å². The van der Waals surface area contributed by atoms with Crippen LogP contribution in [0.1, 0.15) is 25.5 Å². The molecule has 1 N–H and O–H groups in total. The highest BCUT2D eigenvalue weighted by molar-refractivity contribution is 5.85. The van der Waals surface area contributed by atoms with Crippen LogP contribution < -0.4 is 5.32 Å². The molecule has 1 saturated heterocycles. The molecular weight excluding hydrogens is 298 g/mol. The monoisotopic (exact) mass is 317 g/mol. The van der Waals surface area contributed by atoms with Gasteiger partial charge in [-0.05, 0) is 16.7 Å². The van der Waals surface area contributed by atoms with E-state index in [9.17, 15) is 4.79 Å². The van der Waals surface area contributed by atoms with Gasteiger partial charge in [-0.1, -0.05) is 68.4 Å². The molecule has 0 aromatic heterocycles. The van der Waals surface area contributed by atoms with Crippen molar-refractivity contribution in [2.24, 2.45) is 5.41 Å². The Morgan fingerprint density at radius 2 is 1.59 bits per heavy atom. The summed E-state index contributed by atoms with van der Waals surface area (Å²) in [4.78, 5) is 11.5. The molecule has 4 heteroatoms. The summed E-state index contributed by atoms with van der Waals surface area (Å²) in [5.74, 6) is 0. The van der Waals surface area contributed by atoms with Gasteiger partial charge in [-0.25, -0.2) is 4.79 Å². The van der Waals surface area contributed by atoms with Crippen molar-refractivity contribution in [2.45, 2.75) is 19.9 Å². The lowest BCUT2D eigenvalue weighted by Gasteiger charge is -2.38. The predicted molar refractivity (Wildman–Crippen MR) is 90.1 cm³/mol. The van der Waals surface area contributed by atoms with Gasteiger partial charge in [0.2, 0.25) is 0 Å². The van der Waals surface area contributed by atoms with E-state index in [1.807, 2.05) is 18.2 Å². The summed E-state index contributed by atoms with van der Waals surface area (Å²) in [6.45, 7) is 4.63. The van der Waals surface area contributed by atoms with Crippen LogP contribution in [-0.2, 0) is 4.74 Å². The SMILES string of the molecule is CC1(C)COC(=O)N[C@@H]1c1ccc(-c2ccccc2)cc1.Cl. The molecule has 0 unspecified atom stereocenters. The second-order valence-corrected chi connectivity index (χ2v) is 6.13. The maximum Gasteiger partial charge on any atom is 0.407 e. The third-order valence-electron chi connectivity index (χ3n) is 3.97. The van der Waals surface area contributed by atoms with Gasteiger partial charge < -0.3 is 10.1 Å². The van der Waals surface area contributed by atoms with Gasteiger partial charge >= 0.3 is 6.09 Å². The molecule has 0 radical (unpaired) electrons. The molecule has 116 valence electrons. The normalized spacial score (nSPS) is 19.5.